The molecule has 0 saturated carbocycles. The second kappa shape index (κ2) is 10.2. The van der Waals surface area contributed by atoms with Crippen LogP contribution in [0.1, 0.15) is 29.2 Å². The second-order valence-electron chi connectivity index (χ2n) is 8.43. The lowest BCUT2D eigenvalue weighted by atomic mass is 10.1. The number of nitrogens with zero attached hydrogens (tertiary/aromatic N) is 1. The Labute approximate surface area is 217 Å². The average Bonchev–Trinajstić information content (AvgIpc) is 2.82. The molecule has 3 aromatic rings. The van der Waals surface area contributed by atoms with Gasteiger partial charge in [0, 0.05) is 17.9 Å². The predicted octanol–water partition coefficient (Wildman–Crippen LogP) is 5.20. The quantitative estimate of drug-likeness (QED) is 0.149. The minimum atomic E-state index is -3.67. The number of anilines is 1. The number of nitro groups is 1. The highest BCUT2D eigenvalue weighted by Crippen LogP contribution is 2.41. The molecule has 9 nitrogen and oxygen atoms in total. The van der Waals surface area contributed by atoms with Gasteiger partial charge in [-0.15, -0.1) is 0 Å². The van der Waals surface area contributed by atoms with Gasteiger partial charge in [0.15, 0.2) is 9.84 Å². The zero-order valence-electron chi connectivity index (χ0n) is 20.1. The van der Waals surface area contributed by atoms with Crippen LogP contribution in [-0.2, 0) is 25.2 Å². The van der Waals surface area contributed by atoms with E-state index in [1.165, 1.54) is 36.4 Å². The summed E-state index contributed by atoms with van der Waals surface area (Å²) >= 11 is 1.06. The van der Waals surface area contributed by atoms with Gasteiger partial charge in [-0.2, -0.15) is 0 Å². The Morgan fingerprint density at radius 3 is 2.46 bits per heavy atom. The van der Waals surface area contributed by atoms with Crippen LogP contribution < -0.4 is 10.1 Å². The van der Waals surface area contributed by atoms with Crippen LogP contribution in [0.15, 0.2) is 69.3 Å². The summed E-state index contributed by atoms with van der Waals surface area (Å²) in [5, 5.41) is 14.2. The first kappa shape index (κ1) is 26.1. The summed E-state index contributed by atoms with van der Waals surface area (Å²) in [6, 6.07) is 14.1. The first-order valence-electron chi connectivity index (χ1n) is 11.0. The number of thioether (sulfide) groups is 1. The number of aryl methyl sites for hydroxylation is 2. The van der Waals surface area contributed by atoms with Crippen molar-refractivity contribution in [3.63, 3.8) is 0 Å². The first-order chi connectivity index (χ1) is 17.4. The molecular weight excluding hydrogens is 516 g/mol. The lowest BCUT2D eigenvalue weighted by Crippen LogP contribution is -2.18. The van der Waals surface area contributed by atoms with E-state index in [1.54, 1.807) is 6.07 Å². The topological polar surface area (TPSA) is 133 Å². The molecule has 1 aliphatic heterocycles. The van der Waals surface area contributed by atoms with E-state index >= 15 is 0 Å². The fraction of sp³-hybridized carbons (Fsp3) is 0.154. The Kier molecular flexibility index (Phi) is 7.19. The van der Waals surface area contributed by atoms with Crippen LogP contribution in [0.25, 0.3) is 6.08 Å². The lowest BCUT2D eigenvalue weighted by molar-refractivity contribution is -0.385. The SMILES string of the molecule is CC(=O)Oc1ccc(/C=C2\Sc3cc(S(=O)(=O)Cc4c(C)cccc4C)ccc3NC2=O)cc1[N+](=O)[O-]. The van der Waals surface area contributed by atoms with Crippen LogP contribution >= 0.6 is 11.8 Å². The van der Waals surface area contributed by atoms with E-state index in [2.05, 4.69) is 5.32 Å². The summed E-state index contributed by atoms with van der Waals surface area (Å²) in [6.45, 7) is 4.88. The molecule has 1 aliphatic rings. The van der Waals surface area contributed by atoms with Crippen molar-refractivity contribution in [1.29, 1.82) is 0 Å². The van der Waals surface area contributed by atoms with E-state index in [9.17, 15) is 28.1 Å². The van der Waals surface area contributed by atoms with Crippen LogP contribution in [0.5, 0.6) is 5.75 Å². The van der Waals surface area contributed by atoms with Gasteiger partial charge in [0.05, 0.1) is 26.2 Å². The molecule has 0 atom stereocenters. The van der Waals surface area contributed by atoms with Gasteiger partial charge in [0.1, 0.15) is 0 Å². The number of carbonyl (C=O) groups excluding carboxylic acids is 2. The predicted molar refractivity (Wildman–Crippen MR) is 140 cm³/mol. The lowest BCUT2D eigenvalue weighted by Gasteiger charge is -2.20. The first-order valence-corrected chi connectivity index (χ1v) is 13.5. The Bertz CT molecular complexity index is 1570. The van der Waals surface area contributed by atoms with E-state index in [-0.39, 0.29) is 21.3 Å². The molecule has 0 aliphatic carbocycles. The molecular formula is C26H22N2O7S2. The minimum absolute atomic E-state index is 0.123. The van der Waals surface area contributed by atoms with Crippen molar-refractivity contribution in [2.45, 2.75) is 36.3 Å². The molecule has 1 N–H and O–H groups in total. The highest BCUT2D eigenvalue weighted by atomic mass is 32.2. The number of ether oxygens (including phenoxy) is 1. The van der Waals surface area contributed by atoms with Crippen molar-refractivity contribution in [2.75, 3.05) is 5.32 Å². The van der Waals surface area contributed by atoms with E-state index < -0.39 is 32.3 Å². The number of hydrogen-bond donors (Lipinski definition) is 1. The Morgan fingerprint density at radius 2 is 1.81 bits per heavy atom. The third kappa shape index (κ3) is 5.73. The minimum Gasteiger partial charge on any atom is -0.419 e. The maximum Gasteiger partial charge on any atom is 0.312 e. The molecule has 1 amide bonds. The number of carbonyl (C=O) groups is 2. The normalized spacial score (nSPS) is 14.1. The highest BCUT2D eigenvalue weighted by Gasteiger charge is 2.25. The Balaban J connectivity index is 1.65. The number of nitro benzene ring substituents is 1. The monoisotopic (exact) mass is 538 g/mol. The third-order valence-electron chi connectivity index (χ3n) is 5.71. The van der Waals surface area contributed by atoms with Gasteiger partial charge < -0.3 is 10.1 Å². The number of hydrogen-bond acceptors (Lipinski definition) is 8. The van der Waals surface area contributed by atoms with Gasteiger partial charge in [0.2, 0.25) is 5.75 Å². The number of rotatable bonds is 6. The molecule has 0 fully saturated rings. The van der Waals surface area contributed by atoms with Crippen molar-refractivity contribution in [3.05, 3.63) is 91.9 Å². The fourth-order valence-corrected chi connectivity index (χ4v) is 6.48. The number of fused-ring (bicyclic) bond motifs is 1. The molecule has 190 valence electrons. The molecule has 4 rings (SSSR count). The Morgan fingerprint density at radius 1 is 1.11 bits per heavy atom. The van der Waals surface area contributed by atoms with Crippen LogP contribution in [0.2, 0.25) is 0 Å². The Hall–Kier alpha value is -3.96. The number of amides is 1. The van der Waals surface area contributed by atoms with E-state index in [0.29, 0.717) is 16.1 Å². The van der Waals surface area contributed by atoms with Crippen molar-refractivity contribution in [2.24, 2.45) is 0 Å². The number of benzene rings is 3. The molecule has 3 aromatic carbocycles. The van der Waals surface area contributed by atoms with Crippen molar-refractivity contribution in [1.82, 2.24) is 0 Å². The fourth-order valence-electron chi connectivity index (χ4n) is 3.84. The average molecular weight is 539 g/mol. The summed E-state index contributed by atoms with van der Waals surface area (Å²) in [7, 11) is -3.67. The van der Waals surface area contributed by atoms with E-state index in [0.717, 1.165) is 35.4 Å². The smallest absolute Gasteiger partial charge is 0.312 e. The van der Waals surface area contributed by atoms with Crippen LogP contribution in [0.4, 0.5) is 11.4 Å². The number of sulfone groups is 1. The van der Waals surface area contributed by atoms with Crippen LogP contribution in [0.3, 0.4) is 0 Å². The van der Waals surface area contributed by atoms with Crippen LogP contribution in [0, 0.1) is 24.0 Å². The maximum absolute atomic E-state index is 13.2. The molecule has 0 bridgehead atoms. The largest absolute Gasteiger partial charge is 0.419 e. The molecule has 0 saturated heterocycles. The zero-order valence-corrected chi connectivity index (χ0v) is 21.7. The van der Waals surface area contributed by atoms with Crippen molar-refractivity contribution >= 4 is 50.9 Å². The summed E-state index contributed by atoms with van der Waals surface area (Å²) in [6.07, 6.45) is 1.45. The summed E-state index contributed by atoms with van der Waals surface area (Å²) in [5.74, 6) is -1.49. The maximum atomic E-state index is 13.2. The highest BCUT2D eigenvalue weighted by molar-refractivity contribution is 8.04. The number of esters is 1. The van der Waals surface area contributed by atoms with Crippen molar-refractivity contribution < 1.29 is 27.7 Å². The molecule has 11 heteroatoms. The van der Waals surface area contributed by atoms with Gasteiger partial charge in [-0.05, 0) is 66.4 Å². The van der Waals surface area contributed by atoms with Gasteiger partial charge in [-0.1, -0.05) is 36.0 Å². The molecule has 0 unspecified atom stereocenters. The molecule has 37 heavy (non-hydrogen) atoms. The van der Waals surface area contributed by atoms with Crippen molar-refractivity contribution in [3.8, 4) is 5.75 Å². The molecule has 0 spiro atoms. The van der Waals surface area contributed by atoms with Gasteiger partial charge in [0.25, 0.3) is 5.91 Å². The van der Waals surface area contributed by atoms with Gasteiger partial charge in [-0.25, -0.2) is 8.42 Å². The number of nitrogens with one attached hydrogen (secondary N) is 1. The van der Waals surface area contributed by atoms with E-state index in [1.807, 2.05) is 32.0 Å². The van der Waals surface area contributed by atoms with Crippen LogP contribution in [-0.4, -0.2) is 25.2 Å². The standard InChI is InChI=1S/C26H22N2O7S2/c1-15-5-4-6-16(2)20(15)14-37(33,34)19-8-9-21-24(13-19)36-25(26(30)27-21)12-18-7-10-23(35-17(3)29)22(11-18)28(31)32/h4-13H,14H2,1-3H3,(H,27,30)/b25-12-. The van der Waals surface area contributed by atoms with E-state index in [4.69, 9.17) is 4.74 Å². The second-order valence-corrected chi connectivity index (χ2v) is 11.5. The van der Waals surface area contributed by atoms with Gasteiger partial charge in [-0.3, -0.25) is 19.7 Å². The molecule has 0 radical (unpaired) electrons. The van der Waals surface area contributed by atoms with Gasteiger partial charge >= 0.3 is 11.7 Å². The zero-order chi connectivity index (χ0) is 26.9. The molecule has 1 heterocycles. The third-order valence-corrected chi connectivity index (χ3v) is 8.44. The summed E-state index contributed by atoms with van der Waals surface area (Å²) in [4.78, 5) is 35.5. The summed E-state index contributed by atoms with van der Waals surface area (Å²) < 4.78 is 31.3. The summed E-state index contributed by atoms with van der Waals surface area (Å²) in [5.41, 5.74) is 2.91. The molecule has 0 aromatic heterocycles.